The number of aryl methyl sites for hydroxylation is 1. The molecule has 0 aliphatic carbocycles. The number of anilines is 2. The summed E-state index contributed by atoms with van der Waals surface area (Å²) < 4.78 is 0. The van der Waals surface area contributed by atoms with Crippen LogP contribution in [0.25, 0.3) is 0 Å². The second-order valence-corrected chi connectivity index (χ2v) is 12.8. The van der Waals surface area contributed by atoms with Gasteiger partial charge < -0.3 is 36.6 Å². The molecule has 3 aromatic carbocycles. The average molecular weight is 735 g/mol. The Hall–Kier alpha value is -5.70. The Kier molecular flexibility index (Phi) is 15.8. The van der Waals surface area contributed by atoms with Crippen molar-refractivity contribution in [2.24, 2.45) is 0 Å². The van der Waals surface area contributed by atoms with Gasteiger partial charge >= 0.3 is 17.9 Å². The third kappa shape index (κ3) is 12.6. The monoisotopic (exact) mass is 734 g/mol. The number of thioether (sulfide) groups is 1. The van der Waals surface area contributed by atoms with Gasteiger partial charge in [-0.25, -0.2) is 14.4 Å². The van der Waals surface area contributed by atoms with Gasteiger partial charge in [0.15, 0.2) is 0 Å². The number of carbonyl (C=O) groups excluding carboxylic acids is 4. The lowest BCUT2D eigenvalue weighted by Crippen LogP contribution is -2.47. The van der Waals surface area contributed by atoms with Crippen LogP contribution in [0.4, 0.5) is 11.4 Å². The van der Waals surface area contributed by atoms with Crippen molar-refractivity contribution in [2.45, 2.75) is 63.8 Å². The summed E-state index contributed by atoms with van der Waals surface area (Å²) in [5.41, 5.74) is 2.04. The van der Waals surface area contributed by atoms with Gasteiger partial charge in [-0.05, 0) is 54.2 Å². The molecule has 0 fully saturated rings. The molecular formula is C37H42N4O10S. The van der Waals surface area contributed by atoms with Gasteiger partial charge in [-0.1, -0.05) is 55.5 Å². The van der Waals surface area contributed by atoms with E-state index in [4.69, 9.17) is 5.11 Å². The van der Waals surface area contributed by atoms with Crippen LogP contribution in [0.2, 0.25) is 0 Å². The van der Waals surface area contributed by atoms with Crippen LogP contribution in [0.5, 0.6) is 0 Å². The molecule has 0 spiro atoms. The van der Waals surface area contributed by atoms with E-state index in [2.05, 4.69) is 21.3 Å². The summed E-state index contributed by atoms with van der Waals surface area (Å²) in [6, 6.07) is 16.7. The molecular weight excluding hydrogens is 692 g/mol. The summed E-state index contributed by atoms with van der Waals surface area (Å²) in [4.78, 5) is 84.5. The highest BCUT2D eigenvalue weighted by Crippen LogP contribution is 2.28. The van der Waals surface area contributed by atoms with Crippen LogP contribution in [0.15, 0.2) is 66.7 Å². The highest BCUT2D eigenvalue weighted by atomic mass is 32.2. The van der Waals surface area contributed by atoms with Crippen molar-refractivity contribution in [3.63, 3.8) is 0 Å². The topological polar surface area (TPSA) is 228 Å². The first-order valence-electron chi connectivity index (χ1n) is 16.5. The third-order valence-corrected chi connectivity index (χ3v) is 8.94. The zero-order chi connectivity index (χ0) is 38.2. The van der Waals surface area contributed by atoms with Crippen molar-refractivity contribution >= 4 is 64.5 Å². The molecule has 0 saturated heterocycles. The number of benzene rings is 3. The van der Waals surface area contributed by atoms with E-state index in [0.29, 0.717) is 36.3 Å². The standard InChI is InChI=1S/C37H42N4O10S/c1-3-25-18-24(15-16-27(25)40-28-13-9-12-26(32(28)36(48)49)33(44)37(50)51)19-29(39-22(2)42)34(45)38-17-8-7-14-31(43)41-30(35(46)47)21-52-20-23-10-5-4-6-11-23/h4-6,9-13,15-16,18,29-30,40H,3,7-8,14,17,19-21H2,1-2H3,(H,38,45)(H,39,42)(H,41,43)(H,46,47)(H,48,49)(H,50,51)/t29-,30-/m0/s1. The Morgan fingerprint density at radius 3 is 2.15 bits per heavy atom. The van der Waals surface area contributed by atoms with E-state index in [9.17, 15) is 43.8 Å². The van der Waals surface area contributed by atoms with Crippen molar-refractivity contribution in [3.8, 4) is 0 Å². The molecule has 0 aliphatic rings. The maximum absolute atomic E-state index is 13.1. The number of carboxylic acid groups (broad SMARTS) is 3. The lowest BCUT2D eigenvalue weighted by atomic mass is 9.98. The molecule has 3 amide bonds. The molecule has 0 radical (unpaired) electrons. The number of hydrogen-bond acceptors (Lipinski definition) is 9. The van der Waals surface area contributed by atoms with E-state index >= 15 is 0 Å². The predicted molar refractivity (Wildman–Crippen MR) is 195 cm³/mol. The van der Waals surface area contributed by atoms with Crippen molar-refractivity contribution in [1.82, 2.24) is 16.0 Å². The van der Waals surface area contributed by atoms with Crippen LogP contribution >= 0.6 is 11.8 Å². The number of unbranched alkanes of at least 4 members (excludes halogenated alkanes) is 1. The zero-order valence-electron chi connectivity index (χ0n) is 28.8. The van der Waals surface area contributed by atoms with Crippen LogP contribution in [-0.2, 0) is 42.6 Å². The van der Waals surface area contributed by atoms with Crippen LogP contribution < -0.4 is 21.3 Å². The second-order valence-electron chi connectivity index (χ2n) is 11.8. The SMILES string of the molecule is CCc1cc(C[C@H](NC(C)=O)C(=O)NCCCCC(=O)N[C@@H](CSCc2ccccc2)C(=O)O)ccc1Nc1cccc(C(=O)C(=O)O)c1C(=O)O. The van der Waals surface area contributed by atoms with E-state index in [0.717, 1.165) is 17.2 Å². The lowest BCUT2D eigenvalue weighted by molar-refractivity contribution is -0.141. The van der Waals surface area contributed by atoms with E-state index in [1.807, 2.05) is 37.3 Å². The number of aliphatic carboxylic acids is 2. The zero-order valence-corrected chi connectivity index (χ0v) is 29.6. The molecule has 3 aromatic rings. The quantitative estimate of drug-likeness (QED) is 0.0471. The van der Waals surface area contributed by atoms with Gasteiger partial charge in [0.25, 0.3) is 5.78 Å². The predicted octanol–water partition coefficient (Wildman–Crippen LogP) is 3.79. The number of hydrogen-bond donors (Lipinski definition) is 7. The van der Waals surface area contributed by atoms with Gasteiger partial charge in [0.05, 0.1) is 11.3 Å². The van der Waals surface area contributed by atoms with Gasteiger partial charge in [-0.2, -0.15) is 11.8 Å². The average Bonchev–Trinajstić information content (AvgIpc) is 3.10. The summed E-state index contributed by atoms with van der Waals surface area (Å²) >= 11 is 1.41. The van der Waals surface area contributed by atoms with Crippen LogP contribution in [0.1, 0.15) is 70.5 Å². The summed E-state index contributed by atoms with van der Waals surface area (Å²) in [6.07, 6.45) is 1.52. The maximum atomic E-state index is 13.1. The molecule has 0 saturated carbocycles. The molecule has 276 valence electrons. The molecule has 52 heavy (non-hydrogen) atoms. The highest BCUT2D eigenvalue weighted by molar-refractivity contribution is 7.98. The molecule has 7 N–H and O–H groups in total. The fourth-order valence-electron chi connectivity index (χ4n) is 5.27. The van der Waals surface area contributed by atoms with Crippen LogP contribution in [0.3, 0.4) is 0 Å². The first-order valence-corrected chi connectivity index (χ1v) is 17.7. The van der Waals surface area contributed by atoms with Gasteiger partial charge in [-0.15, -0.1) is 0 Å². The molecule has 0 bridgehead atoms. The van der Waals surface area contributed by atoms with Gasteiger partial charge in [0.1, 0.15) is 12.1 Å². The van der Waals surface area contributed by atoms with Gasteiger partial charge in [0.2, 0.25) is 17.7 Å². The number of rotatable bonds is 21. The fourth-order valence-corrected chi connectivity index (χ4v) is 6.28. The number of nitrogens with one attached hydrogen (secondary N) is 4. The van der Waals surface area contributed by atoms with E-state index in [1.165, 1.54) is 30.8 Å². The summed E-state index contributed by atoms with van der Waals surface area (Å²) in [7, 11) is 0. The summed E-state index contributed by atoms with van der Waals surface area (Å²) in [5.74, 6) is -6.16. The second kappa shape index (κ2) is 20.2. The highest BCUT2D eigenvalue weighted by Gasteiger charge is 2.26. The number of carboxylic acids is 3. The largest absolute Gasteiger partial charge is 0.480 e. The van der Waals surface area contributed by atoms with E-state index in [1.54, 1.807) is 18.2 Å². The van der Waals surface area contributed by atoms with E-state index in [-0.39, 0.29) is 30.8 Å². The van der Waals surface area contributed by atoms with Crippen LogP contribution in [0, 0.1) is 0 Å². The van der Waals surface area contributed by atoms with Crippen molar-refractivity contribution in [3.05, 3.63) is 94.5 Å². The first-order chi connectivity index (χ1) is 24.8. The number of Topliss-reactive ketones (excluding diaryl/α,β-unsaturated/α-hetero) is 1. The Labute approximate surface area is 304 Å². The van der Waals surface area contributed by atoms with Gasteiger partial charge in [-0.3, -0.25) is 19.2 Å². The maximum Gasteiger partial charge on any atom is 0.377 e. The Balaban J connectivity index is 1.56. The molecule has 0 heterocycles. The molecule has 15 heteroatoms. The minimum absolute atomic E-state index is 0.0228. The molecule has 3 rings (SSSR count). The first kappa shape index (κ1) is 40.7. The molecule has 0 unspecified atom stereocenters. The molecule has 14 nitrogen and oxygen atoms in total. The van der Waals surface area contributed by atoms with Crippen molar-refractivity contribution < 1.29 is 48.9 Å². The minimum atomic E-state index is -1.78. The van der Waals surface area contributed by atoms with Gasteiger partial charge in [0, 0.05) is 49.1 Å². The fraction of sp³-hybridized carbons (Fsp3) is 0.324. The van der Waals surface area contributed by atoms with Crippen LogP contribution in [-0.4, -0.2) is 81.1 Å². The summed E-state index contributed by atoms with van der Waals surface area (Å²) in [6.45, 7) is 3.37. The third-order valence-electron chi connectivity index (χ3n) is 7.83. The van der Waals surface area contributed by atoms with Crippen molar-refractivity contribution in [1.29, 1.82) is 0 Å². The number of amides is 3. The Morgan fingerprint density at radius 2 is 1.52 bits per heavy atom. The number of carbonyl (C=O) groups is 7. The number of ketones is 1. The molecule has 2 atom stereocenters. The normalized spacial score (nSPS) is 11.8. The lowest BCUT2D eigenvalue weighted by Gasteiger charge is -2.20. The Morgan fingerprint density at radius 1 is 0.788 bits per heavy atom. The summed E-state index contributed by atoms with van der Waals surface area (Å²) in [5, 5.41) is 39.4. The van der Waals surface area contributed by atoms with Crippen molar-refractivity contribution in [2.75, 3.05) is 17.6 Å². The molecule has 0 aromatic heterocycles. The number of aromatic carboxylic acids is 1. The minimum Gasteiger partial charge on any atom is -0.480 e. The Bertz CT molecular complexity index is 1780. The molecule has 0 aliphatic heterocycles. The smallest absolute Gasteiger partial charge is 0.377 e. The van der Waals surface area contributed by atoms with E-state index < -0.39 is 64.6 Å².